The summed E-state index contributed by atoms with van der Waals surface area (Å²) in [7, 11) is 0. The number of pyridine rings is 1. The molecule has 2 nitrogen and oxygen atoms in total. The molecule has 0 saturated heterocycles. The Morgan fingerprint density at radius 3 is 2.94 bits per heavy atom. The standard InChI is InChI=1S/C13H16N2S/c1-10(16-2)9-15-13-12-6-4-3-5-11(12)7-8-14-13/h3-8,10H,9H2,1-2H3,(H,14,15). The summed E-state index contributed by atoms with van der Waals surface area (Å²) in [4.78, 5) is 4.39. The Kier molecular flexibility index (Phi) is 3.67. The quantitative estimate of drug-likeness (QED) is 0.874. The zero-order valence-corrected chi connectivity index (χ0v) is 10.4. The van der Waals surface area contributed by atoms with Crippen molar-refractivity contribution in [2.45, 2.75) is 12.2 Å². The second-order valence-corrected chi connectivity index (χ2v) is 5.08. The van der Waals surface area contributed by atoms with E-state index >= 15 is 0 Å². The number of hydrogen-bond acceptors (Lipinski definition) is 3. The summed E-state index contributed by atoms with van der Waals surface area (Å²) >= 11 is 1.86. The Morgan fingerprint density at radius 1 is 1.31 bits per heavy atom. The van der Waals surface area contributed by atoms with Gasteiger partial charge in [-0.2, -0.15) is 11.8 Å². The van der Waals surface area contributed by atoms with Crippen LogP contribution in [0.15, 0.2) is 36.5 Å². The Balaban J connectivity index is 2.23. The minimum atomic E-state index is 0.598. The smallest absolute Gasteiger partial charge is 0.133 e. The van der Waals surface area contributed by atoms with Gasteiger partial charge in [0.2, 0.25) is 0 Å². The van der Waals surface area contributed by atoms with Crippen LogP contribution in [0, 0.1) is 0 Å². The number of benzene rings is 1. The van der Waals surface area contributed by atoms with E-state index < -0.39 is 0 Å². The van der Waals surface area contributed by atoms with E-state index in [1.807, 2.05) is 30.1 Å². The number of nitrogens with zero attached hydrogens (tertiary/aromatic N) is 1. The maximum Gasteiger partial charge on any atom is 0.133 e. The van der Waals surface area contributed by atoms with Gasteiger partial charge in [0.15, 0.2) is 0 Å². The topological polar surface area (TPSA) is 24.9 Å². The molecule has 1 heterocycles. The van der Waals surface area contributed by atoms with Crippen LogP contribution in [0.3, 0.4) is 0 Å². The normalized spacial score (nSPS) is 12.6. The molecule has 2 aromatic rings. The number of hydrogen-bond donors (Lipinski definition) is 1. The first-order chi connectivity index (χ1) is 7.81. The minimum Gasteiger partial charge on any atom is -0.368 e. The summed E-state index contributed by atoms with van der Waals surface area (Å²) in [6, 6.07) is 10.4. The first-order valence-corrected chi connectivity index (χ1v) is 6.70. The summed E-state index contributed by atoms with van der Waals surface area (Å²) in [6.07, 6.45) is 3.98. The Bertz CT molecular complexity index is 465. The minimum absolute atomic E-state index is 0.598. The van der Waals surface area contributed by atoms with E-state index in [1.165, 1.54) is 10.8 Å². The molecule has 0 saturated carbocycles. The molecule has 3 heteroatoms. The van der Waals surface area contributed by atoms with Crippen molar-refractivity contribution < 1.29 is 0 Å². The highest BCUT2D eigenvalue weighted by molar-refractivity contribution is 7.99. The molecular weight excluding hydrogens is 216 g/mol. The Hall–Kier alpha value is -1.22. The van der Waals surface area contributed by atoms with Crippen molar-refractivity contribution in [3.63, 3.8) is 0 Å². The van der Waals surface area contributed by atoms with Crippen molar-refractivity contribution in [2.75, 3.05) is 18.1 Å². The van der Waals surface area contributed by atoms with Gasteiger partial charge in [-0.25, -0.2) is 4.98 Å². The number of fused-ring (bicyclic) bond motifs is 1. The molecule has 1 unspecified atom stereocenters. The zero-order valence-electron chi connectivity index (χ0n) is 9.60. The second kappa shape index (κ2) is 5.21. The largest absolute Gasteiger partial charge is 0.368 e. The molecule has 1 atom stereocenters. The van der Waals surface area contributed by atoms with Crippen LogP contribution >= 0.6 is 11.8 Å². The van der Waals surface area contributed by atoms with Crippen LogP contribution in [0.1, 0.15) is 6.92 Å². The molecule has 0 bridgehead atoms. The average Bonchev–Trinajstić information content (AvgIpc) is 2.35. The van der Waals surface area contributed by atoms with E-state index in [-0.39, 0.29) is 0 Å². The molecular formula is C13H16N2S. The van der Waals surface area contributed by atoms with E-state index in [0.717, 1.165) is 12.4 Å². The van der Waals surface area contributed by atoms with Gasteiger partial charge in [0.05, 0.1) is 0 Å². The summed E-state index contributed by atoms with van der Waals surface area (Å²) in [6.45, 7) is 3.16. The molecule has 0 aliphatic heterocycles. The lowest BCUT2D eigenvalue weighted by Crippen LogP contribution is -2.13. The van der Waals surface area contributed by atoms with Crippen LogP contribution in [0.4, 0.5) is 5.82 Å². The van der Waals surface area contributed by atoms with E-state index in [9.17, 15) is 0 Å². The molecule has 16 heavy (non-hydrogen) atoms. The summed E-state index contributed by atoms with van der Waals surface area (Å²) in [5.41, 5.74) is 0. The fourth-order valence-corrected chi connectivity index (χ4v) is 1.83. The van der Waals surface area contributed by atoms with Gasteiger partial charge >= 0.3 is 0 Å². The maximum atomic E-state index is 4.39. The monoisotopic (exact) mass is 232 g/mol. The van der Waals surface area contributed by atoms with E-state index in [2.05, 4.69) is 41.7 Å². The zero-order chi connectivity index (χ0) is 11.4. The SMILES string of the molecule is CSC(C)CNc1nccc2ccccc12. The molecule has 0 aliphatic rings. The number of nitrogens with one attached hydrogen (secondary N) is 1. The van der Waals surface area contributed by atoms with Gasteiger partial charge < -0.3 is 5.32 Å². The molecule has 1 N–H and O–H groups in total. The Morgan fingerprint density at radius 2 is 2.12 bits per heavy atom. The molecule has 0 amide bonds. The van der Waals surface area contributed by atoms with Crippen molar-refractivity contribution in [1.29, 1.82) is 0 Å². The van der Waals surface area contributed by atoms with Gasteiger partial charge in [0.25, 0.3) is 0 Å². The third kappa shape index (κ3) is 2.47. The molecule has 1 aromatic heterocycles. The highest BCUT2D eigenvalue weighted by Crippen LogP contribution is 2.20. The molecule has 0 fully saturated rings. The van der Waals surface area contributed by atoms with Crippen LogP contribution in [-0.2, 0) is 0 Å². The van der Waals surface area contributed by atoms with Gasteiger partial charge in [-0.15, -0.1) is 0 Å². The van der Waals surface area contributed by atoms with Crippen molar-refractivity contribution in [3.05, 3.63) is 36.5 Å². The van der Waals surface area contributed by atoms with E-state index in [0.29, 0.717) is 5.25 Å². The molecule has 84 valence electrons. The lowest BCUT2D eigenvalue weighted by Gasteiger charge is -2.12. The molecule has 1 aromatic carbocycles. The molecule has 0 spiro atoms. The Labute approximate surface area is 100 Å². The van der Waals surface area contributed by atoms with Gasteiger partial charge in [-0.1, -0.05) is 31.2 Å². The average molecular weight is 232 g/mol. The highest BCUT2D eigenvalue weighted by atomic mass is 32.2. The maximum absolute atomic E-state index is 4.39. The van der Waals surface area contributed by atoms with Gasteiger partial charge in [0, 0.05) is 23.4 Å². The van der Waals surface area contributed by atoms with Gasteiger partial charge in [-0.3, -0.25) is 0 Å². The number of thioether (sulfide) groups is 1. The summed E-state index contributed by atoms with van der Waals surface area (Å²) < 4.78 is 0. The van der Waals surface area contributed by atoms with Crippen LogP contribution < -0.4 is 5.32 Å². The summed E-state index contributed by atoms with van der Waals surface area (Å²) in [5, 5.41) is 6.43. The van der Waals surface area contributed by atoms with Crippen molar-refractivity contribution >= 4 is 28.4 Å². The fraction of sp³-hybridized carbons (Fsp3) is 0.308. The molecule has 0 aliphatic carbocycles. The van der Waals surface area contributed by atoms with Gasteiger partial charge in [-0.05, 0) is 17.7 Å². The van der Waals surface area contributed by atoms with Crippen LogP contribution in [0.5, 0.6) is 0 Å². The highest BCUT2D eigenvalue weighted by Gasteiger charge is 2.03. The van der Waals surface area contributed by atoms with E-state index in [4.69, 9.17) is 0 Å². The predicted octanol–water partition coefficient (Wildman–Crippen LogP) is 3.40. The van der Waals surface area contributed by atoms with Crippen molar-refractivity contribution in [1.82, 2.24) is 4.98 Å². The lowest BCUT2D eigenvalue weighted by atomic mass is 10.1. The third-order valence-corrected chi connectivity index (χ3v) is 3.60. The van der Waals surface area contributed by atoms with Gasteiger partial charge in [0.1, 0.15) is 5.82 Å². The first-order valence-electron chi connectivity index (χ1n) is 5.41. The number of rotatable bonds is 4. The molecule has 0 radical (unpaired) electrons. The lowest BCUT2D eigenvalue weighted by molar-refractivity contribution is 0.995. The molecule has 2 rings (SSSR count). The third-order valence-electron chi connectivity index (χ3n) is 2.63. The van der Waals surface area contributed by atoms with E-state index in [1.54, 1.807) is 0 Å². The number of anilines is 1. The number of aromatic nitrogens is 1. The van der Waals surface area contributed by atoms with Crippen LogP contribution in [0.2, 0.25) is 0 Å². The summed E-state index contributed by atoms with van der Waals surface area (Å²) in [5.74, 6) is 0.985. The fourth-order valence-electron chi connectivity index (χ4n) is 1.58. The first kappa shape index (κ1) is 11.3. The van der Waals surface area contributed by atoms with Crippen LogP contribution in [0.25, 0.3) is 10.8 Å². The second-order valence-electron chi connectivity index (χ2n) is 3.81. The predicted molar refractivity (Wildman–Crippen MR) is 73.2 cm³/mol. The van der Waals surface area contributed by atoms with Crippen LogP contribution in [-0.4, -0.2) is 23.0 Å². The van der Waals surface area contributed by atoms with Crippen molar-refractivity contribution in [2.24, 2.45) is 0 Å². The van der Waals surface area contributed by atoms with Crippen molar-refractivity contribution in [3.8, 4) is 0 Å².